The number of likely N-dealkylation sites (tertiary alicyclic amines) is 1. The molecule has 1 unspecified atom stereocenters. The predicted molar refractivity (Wildman–Crippen MR) is 91.7 cm³/mol. The molecule has 1 aliphatic carbocycles. The number of thioether (sulfide) groups is 1. The van der Waals surface area contributed by atoms with Crippen molar-refractivity contribution in [2.24, 2.45) is 0 Å². The molecule has 1 atom stereocenters. The first-order valence-electron chi connectivity index (χ1n) is 8.79. The van der Waals surface area contributed by atoms with E-state index < -0.39 is 0 Å². The van der Waals surface area contributed by atoms with Gasteiger partial charge in [0.1, 0.15) is 0 Å². The van der Waals surface area contributed by atoms with Gasteiger partial charge in [0.2, 0.25) is 0 Å². The van der Waals surface area contributed by atoms with Crippen molar-refractivity contribution in [3.05, 3.63) is 0 Å². The number of nitrogens with zero attached hydrogens (tertiary/aromatic N) is 1. The molecule has 20 heavy (non-hydrogen) atoms. The van der Waals surface area contributed by atoms with E-state index in [1.807, 2.05) is 0 Å². The van der Waals surface area contributed by atoms with Crippen LogP contribution in [0, 0.1) is 0 Å². The zero-order valence-electron chi connectivity index (χ0n) is 13.6. The van der Waals surface area contributed by atoms with Crippen LogP contribution in [0.25, 0.3) is 0 Å². The first-order valence-corrected chi connectivity index (χ1v) is 10.0. The summed E-state index contributed by atoms with van der Waals surface area (Å²) in [7, 11) is 0. The van der Waals surface area contributed by atoms with Gasteiger partial charge in [-0.2, -0.15) is 11.8 Å². The van der Waals surface area contributed by atoms with Gasteiger partial charge in [-0.3, -0.25) is 0 Å². The number of nitrogens with one attached hydrogen (secondary N) is 1. The zero-order valence-corrected chi connectivity index (χ0v) is 14.4. The van der Waals surface area contributed by atoms with E-state index in [-0.39, 0.29) is 0 Å². The first-order chi connectivity index (χ1) is 9.78. The maximum atomic E-state index is 3.94. The second-order valence-electron chi connectivity index (χ2n) is 6.80. The molecular formula is C17H34N2S. The van der Waals surface area contributed by atoms with E-state index in [1.165, 1.54) is 84.0 Å². The maximum Gasteiger partial charge on any atom is 0.0281 e. The largest absolute Gasteiger partial charge is 0.313 e. The highest BCUT2D eigenvalue weighted by molar-refractivity contribution is 8.00. The molecule has 2 fully saturated rings. The van der Waals surface area contributed by atoms with Gasteiger partial charge >= 0.3 is 0 Å². The van der Waals surface area contributed by atoms with E-state index in [9.17, 15) is 0 Å². The Labute approximate surface area is 130 Å². The van der Waals surface area contributed by atoms with Crippen LogP contribution in [0.15, 0.2) is 0 Å². The van der Waals surface area contributed by atoms with Crippen molar-refractivity contribution in [2.45, 2.75) is 75.5 Å². The standard InChI is InChI=1S/C17H34N2S/c1-3-12-19-13-7-8-16(9-14-19)18-15-17(20-2)10-5-4-6-11-17/h16,18H,3-15H2,1-2H3. The van der Waals surface area contributed by atoms with Gasteiger partial charge in [0.25, 0.3) is 0 Å². The highest BCUT2D eigenvalue weighted by atomic mass is 32.2. The molecule has 0 radical (unpaired) electrons. The molecule has 2 nitrogen and oxygen atoms in total. The monoisotopic (exact) mass is 298 g/mol. The third kappa shape index (κ3) is 4.92. The molecule has 1 heterocycles. The van der Waals surface area contributed by atoms with Crippen molar-refractivity contribution in [1.29, 1.82) is 0 Å². The van der Waals surface area contributed by atoms with Crippen LogP contribution in [-0.2, 0) is 0 Å². The van der Waals surface area contributed by atoms with E-state index in [4.69, 9.17) is 0 Å². The molecular weight excluding hydrogens is 264 g/mol. The van der Waals surface area contributed by atoms with E-state index in [0.29, 0.717) is 4.75 Å². The van der Waals surface area contributed by atoms with Crippen LogP contribution in [-0.4, -0.2) is 48.1 Å². The van der Waals surface area contributed by atoms with Gasteiger partial charge in [-0.15, -0.1) is 0 Å². The van der Waals surface area contributed by atoms with Crippen molar-refractivity contribution >= 4 is 11.8 Å². The molecule has 1 aliphatic heterocycles. The van der Waals surface area contributed by atoms with Gasteiger partial charge in [0.15, 0.2) is 0 Å². The number of hydrogen-bond acceptors (Lipinski definition) is 3. The maximum absolute atomic E-state index is 3.94. The third-order valence-electron chi connectivity index (χ3n) is 5.27. The van der Waals surface area contributed by atoms with E-state index in [0.717, 1.165) is 6.04 Å². The van der Waals surface area contributed by atoms with Gasteiger partial charge in [-0.1, -0.05) is 26.2 Å². The number of hydrogen-bond donors (Lipinski definition) is 1. The molecule has 118 valence electrons. The summed E-state index contributed by atoms with van der Waals surface area (Å²) < 4.78 is 0.549. The summed E-state index contributed by atoms with van der Waals surface area (Å²) in [6, 6.07) is 0.766. The topological polar surface area (TPSA) is 15.3 Å². The Balaban J connectivity index is 1.75. The highest BCUT2D eigenvalue weighted by Gasteiger charge is 2.31. The quantitative estimate of drug-likeness (QED) is 0.800. The van der Waals surface area contributed by atoms with E-state index in [1.54, 1.807) is 0 Å². The lowest BCUT2D eigenvalue weighted by Gasteiger charge is -2.37. The fraction of sp³-hybridized carbons (Fsp3) is 1.00. The lowest BCUT2D eigenvalue weighted by atomic mass is 9.88. The minimum Gasteiger partial charge on any atom is -0.313 e. The smallest absolute Gasteiger partial charge is 0.0281 e. The second kappa shape index (κ2) is 8.65. The van der Waals surface area contributed by atoms with Crippen LogP contribution < -0.4 is 5.32 Å². The Hall–Kier alpha value is 0.270. The SMILES string of the molecule is CCCN1CCCC(NCC2(SC)CCCCC2)CC1. The van der Waals surface area contributed by atoms with Crippen LogP contribution in [0.5, 0.6) is 0 Å². The van der Waals surface area contributed by atoms with Crippen LogP contribution in [0.2, 0.25) is 0 Å². The fourth-order valence-corrected chi connectivity index (χ4v) is 4.80. The zero-order chi connectivity index (χ0) is 14.3. The average Bonchev–Trinajstić information content (AvgIpc) is 2.72. The summed E-state index contributed by atoms with van der Waals surface area (Å²) in [6.45, 7) is 7.46. The summed E-state index contributed by atoms with van der Waals surface area (Å²) in [4.78, 5) is 2.66. The molecule has 0 amide bonds. The van der Waals surface area contributed by atoms with Crippen LogP contribution in [0.3, 0.4) is 0 Å². The molecule has 0 bridgehead atoms. The molecule has 3 heteroatoms. The van der Waals surface area contributed by atoms with Crippen LogP contribution >= 0.6 is 11.8 Å². The normalized spacial score (nSPS) is 28.2. The first kappa shape index (κ1) is 16.6. The van der Waals surface area contributed by atoms with E-state index in [2.05, 4.69) is 35.2 Å². The molecule has 0 aromatic heterocycles. The number of rotatable bonds is 6. The third-order valence-corrected chi connectivity index (χ3v) is 6.69. The van der Waals surface area contributed by atoms with Gasteiger partial charge in [0, 0.05) is 17.3 Å². The molecule has 1 N–H and O–H groups in total. The second-order valence-corrected chi connectivity index (χ2v) is 8.07. The van der Waals surface area contributed by atoms with E-state index >= 15 is 0 Å². The molecule has 0 spiro atoms. The summed E-state index contributed by atoms with van der Waals surface area (Å²) in [5.74, 6) is 0. The van der Waals surface area contributed by atoms with Crippen molar-refractivity contribution < 1.29 is 0 Å². The van der Waals surface area contributed by atoms with Gasteiger partial charge in [0.05, 0.1) is 0 Å². The molecule has 0 aromatic carbocycles. The fourth-order valence-electron chi connectivity index (χ4n) is 3.88. The van der Waals surface area contributed by atoms with Crippen molar-refractivity contribution in [1.82, 2.24) is 10.2 Å². The lowest BCUT2D eigenvalue weighted by Crippen LogP contribution is -2.43. The van der Waals surface area contributed by atoms with Gasteiger partial charge < -0.3 is 10.2 Å². The molecule has 1 saturated carbocycles. The summed E-state index contributed by atoms with van der Waals surface area (Å²) in [5.41, 5.74) is 0. The van der Waals surface area contributed by atoms with Crippen molar-refractivity contribution in [3.8, 4) is 0 Å². The summed E-state index contributed by atoms with van der Waals surface area (Å²) in [6.07, 6.45) is 14.9. The molecule has 1 saturated heterocycles. The van der Waals surface area contributed by atoms with Crippen molar-refractivity contribution in [2.75, 3.05) is 32.4 Å². The molecule has 2 rings (SSSR count). The Bertz CT molecular complexity index is 264. The van der Waals surface area contributed by atoms with Crippen molar-refractivity contribution in [3.63, 3.8) is 0 Å². The molecule has 2 aliphatic rings. The Kier molecular flexibility index (Phi) is 7.20. The Morgan fingerprint density at radius 2 is 1.90 bits per heavy atom. The average molecular weight is 299 g/mol. The van der Waals surface area contributed by atoms with Crippen LogP contribution in [0.1, 0.15) is 64.7 Å². The molecule has 0 aromatic rings. The Morgan fingerprint density at radius 1 is 1.10 bits per heavy atom. The summed E-state index contributed by atoms with van der Waals surface area (Å²) in [5, 5.41) is 3.94. The summed E-state index contributed by atoms with van der Waals surface area (Å²) >= 11 is 2.12. The highest BCUT2D eigenvalue weighted by Crippen LogP contribution is 2.38. The van der Waals surface area contributed by atoms with Gasteiger partial charge in [-0.05, 0) is 64.4 Å². The van der Waals surface area contributed by atoms with Crippen LogP contribution in [0.4, 0.5) is 0 Å². The van der Waals surface area contributed by atoms with Gasteiger partial charge in [-0.25, -0.2) is 0 Å². The lowest BCUT2D eigenvalue weighted by molar-refractivity contribution is 0.281. The minimum atomic E-state index is 0.549. The predicted octanol–water partition coefficient (Wildman–Crippen LogP) is 3.91. The Morgan fingerprint density at radius 3 is 2.60 bits per heavy atom. The minimum absolute atomic E-state index is 0.549.